The SMILES string of the molecule is CC1(NC(=O)Cc2cn3ccccc3n2)CCCCC1C(=O)O. The Balaban J connectivity index is 1.71. The minimum Gasteiger partial charge on any atom is -0.481 e. The molecular formula is C17H21N3O3. The fraction of sp³-hybridized carbons (Fsp3) is 0.471. The Morgan fingerprint density at radius 1 is 1.43 bits per heavy atom. The number of carbonyl (C=O) groups is 2. The second-order valence-corrected chi connectivity index (χ2v) is 6.48. The number of aliphatic carboxylic acids is 1. The molecule has 1 amide bonds. The maximum absolute atomic E-state index is 12.4. The number of nitrogens with zero attached hydrogens (tertiary/aromatic N) is 2. The molecule has 0 aromatic carbocycles. The van der Waals surface area contributed by atoms with Gasteiger partial charge in [0.2, 0.25) is 5.91 Å². The van der Waals surface area contributed by atoms with E-state index in [0.29, 0.717) is 18.5 Å². The fourth-order valence-corrected chi connectivity index (χ4v) is 3.48. The van der Waals surface area contributed by atoms with Crippen molar-refractivity contribution in [1.29, 1.82) is 0 Å². The van der Waals surface area contributed by atoms with Crippen LogP contribution in [0.5, 0.6) is 0 Å². The van der Waals surface area contributed by atoms with Gasteiger partial charge in [0.1, 0.15) is 5.65 Å². The van der Waals surface area contributed by atoms with Crippen molar-refractivity contribution in [2.24, 2.45) is 5.92 Å². The third kappa shape index (κ3) is 3.21. The molecule has 2 atom stereocenters. The van der Waals surface area contributed by atoms with Gasteiger partial charge in [-0.1, -0.05) is 18.9 Å². The number of fused-ring (bicyclic) bond motifs is 1. The topological polar surface area (TPSA) is 83.7 Å². The number of carboxylic acids is 1. The summed E-state index contributed by atoms with van der Waals surface area (Å²) in [6, 6.07) is 5.68. The maximum Gasteiger partial charge on any atom is 0.308 e. The van der Waals surface area contributed by atoms with E-state index in [0.717, 1.165) is 18.5 Å². The van der Waals surface area contributed by atoms with E-state index in [1.165, 1.54) is 0 Å². The summed E-state index contributed by atoms with van der Waals surface area (Å²) in [5, 5.41) is 12.4. The van der Waals surface area contributed by atoms with Crippen LogP contribution in [0.4, 0.5) is 0 Å². The summed E-state index contributed by atoms with van der Waals surface area (Å²) in [5.74, 6) is -1.54. The number of nitrogens with one attached hydrogen (secondary N) is 1. The van der Waals surface area contributed by atoms with Gasteiger partial charge >= 0.3 is 5.97 Å². The van der Waals surface area contributed by atoms with Gasteiger partial charge in [-0.2, -0.15) is 0 Å². The number of carboxylic acid groups (broad SMARTS) is 1. The molecule has 2 aromatic heterocycles. The van der Waals surface area contributed by atoms with Gasteiger partial charge in [0, 0.05) is 12.4 Å². The molecule has 1 aliphatic carbocycles. The molecule has 0 bridgehead atoms. The van der Waals surface area contributed by atoms with E-state index in [2.05, 4.69) is 10.3 Å². The highest BCUT2D eigenvalue weighted by atomic mass is 16.4. The van der Waals surface area contributed by atoms with Gasteiger partial charge in [-0.05, 0) is 31.9 Å². The Morgan fingerprint density at radius 3 is 3.00 bits per heavy atom. The van der Waals surface area contributed by atoms with E-state index >= 15 is 0 Å². The summed E-state index contributed by atoms with van der Waals surface area (Å²) >= 11 is 0. The average molecular weight is 315 g/mol. The highest BCUT2D eigenvalue weighted by molar-refractivity contribution is 5.81. The molecule has 1 fully saturated rings. The third-order valence-electron chi connectivity index (χ3n) is 4.69. The van der Waals surface area contributed by atoms with E-state index < -0.39 is 17.4 Å². The van der Waals surface area contributed by atoms with Crippen molar-refractivity contribution in [3.63, 3.8) is 0 Å². The molecule has 2 N–H and O–H groups in total. The number of rotatable bonds is 4. The third-order valence-corrected chi connectivity index (χ3v) is 4.69. The monoisotopic (exact) mass is 315 g/mol. The molecule has 6 heteroatoms. The first-order chi connectivity index (χ1) is 11.0. The zero-order valence-electron chi connectivity index (χ0n) is 13.2. The van der Waals surface area contributed by atoms with Crippen LogP contribution >= 0.6 is 0 Å². The molecule has 2 unspecified atom stereocenters. The summed E-state index contributed by atoms with van der Waals surface area (Å²) in [4.78, 5) is 28.2. The van der Waals surface area contributed by atoms with Crippen LogP contribution in [0.3, 0.4) is 0 Å². The fourth-order valence-electron chi connectivity index (χ4n) is 3.48. The van der Waals surface area contributed by atoms with Crippen molar-refractivity contribution in [3.8, 4) is 0 Å². The standard InChI is InChI=1S/C17H21N3O3/c1-17(8-4-2-6-13(17)16(22)23)19-15(21)10-12-11-20-9-5-3-7-14(20)18-12/h3,5,7,9,11,13H,2,4,6,8,10H2,1H3,(H,19,21)(H,22,23). The second-order valence-electron chi connectivity index (χ2n) is 6.48. The first-order valence-corrected chi connectivity index (χ1v) is 7.94. The van der Waals surface area contributed by atoms with Gasteiger partial charge < -0.3 is 14.8 Å². The number of carbonyl (C=O) groups excluding carboxylic acids is 1. The summed E-state index contributed by atoms with van der Waals surface area (Å²) in [6.45, 7) is 1.84. The lowest BCUT2D eigenvalue weighted by Gasteiger charge is -2.39. The van der Waals surface area contributed by atoms with Crippen molar-refractivity contribution in [3.05, 3.63) is 36.3 Å². The molecule has 6 nitrogen and oxygen atoms in total. The number of hydrogen-bond donors (Lipinski definition) is 2. The first kappa shape index (κ1) is 15.5. The Bertz CT molecular complexity index is 707. The molecule has 0 aliphatic heterocycles. The van der Waals surface area contributed by atoms with Gasteiger partial charge in [-0.15, -0.1) is 0 Å². The van der Waals surface area contributed by atoms with Crippen molar-refractivity contribution in [1.82, 2.24) is 14.7 Å². The lowest BCUT2D eigenvalue weighted by molar-refractivity contribution is -0.146. The van der Waals surface area contributed by atoms with Crippen LogP contribution < -0.4 is 5.32 Å². The summed E-state index contributed by atoms with van der Waals surface area (Å²) in [6.07, 6.45) is 7.01. The molecule has 0 spiro atoms. The van der Waals surface area contributed by atoms with Gasteiger partial charge in [-0.25, -0.2) is 4.98 Å². The van der Waals surface area contributed by atoms with Gasteiger partial charge in [0.15, 0.2) is 0 Å². The molecule has 122 valence electrons. The molecule has 3 rings (SSSR count). The van der Waals surface area contributed by atoms with Crippen molar-refractivity contribution in [2.75, 3.05) is 0 Å². The predicted molar refractivity (Wildman–Crippen MR) is 85.0 cm³/mol. The Hall–Kier alpha value is -2.37. The predicted octanol–water partition coefficient (Wildman–Crippen LogP) is 2.03. The van der Waals surface area contributed by atoms with Crippen LogP contribution in [0.1, 0.15) is 38.3 Å². The van der Waals surface area contributed by atoms with Gasteiger partial charge in [0.05, 0.1) is 23.6 Å². The molecule has 1 saturated carbocycles. The first-order valence-electron chi connectivity index (χ1n) is 7.94. The minimum absolute atomic E-state index is 0.156. The number of pyridine rings is 1. The smallest absolute Gasteiger partial charge is 0.308 e. The van der Waals surface area contributed by atoms with Crippen LogP contribution in [-0.4, -0.2) is 31.9 Å². The molecule has 2 aromatic rings. The molecule has 0 saturated heterocycles. The van der Waals surface area contributed by atoms with E-state index in [1.807, 2.05) is 41.9 Å². The van der Waals surface area contributed by atoms with E-state index in [-0.39, 0.29) is 12.3 Å². The van der Waals surface area contributed by atoms with E-state index in [9.17, 15) is 14.7 Å². The van der Waals surface area contributed by atoms with Crippen LogP contribution in [0.15, 0.2) is 30.6 Å². The number of aromatic nitrogens is 2. The van der Waals surface area contributed by atoms with E-state index in [1.54, 1.807) is 0 Å². The zero-order valence-corrected chi connectivity index (χ0v) is 13.2. The molecule has 0 radical (unpaired) electrons. The summed E-state index contributed by atoms with van der Waals surface area (Å²) < 4.78 is 1.87. The zero-order chi connectivity index (χ0) is 16.4. The molecular weight excluding hydrogens is 294 g/mol. The quantitative estimate of drug-likeness (QED) is 0.904. The molecule has 2 heterocycles. The molecule has 23 heavy (non-hydrogen) atoms. The number of imidazole rings is 1. The summed E-state index contributed by atoms with van der Waals surface area (Å²) in [5.41, 5.74) is 0.794. The second kappa shape index (κ2) is 6.02. The lowest BCUT2D eigenvalue weighted by Crippen LogP contribution is -2.55. The highest BCUT2D eigenvalue weighted by Crippen LogP contribution is 2.33. The van der Waals surface area contributed by atoms with Crippen molar-refractivity contribution < 1.29 is 14.7 Å². The maximum atomic E-state index is 12.4. The van der Waals surface area contributed by atoms with Crippen molar-refractivity contribution >= 4 is 17.5 Å². The normalized spacial score (nSPS) is 24.5. The van der Waals surface area contributed by atoms with Gasteiger partial charge in [-0.3, -0.25) is 9.59 Å². The van der Waals surface area contributed by atoms with Crippen LogP contribution in [0.2, 0.25) is 0 Å². The minimum atomic E-state index is -0.833. The molecule has 1 aliphatic rings. The highest BCUT2D eigenvalue weighted by Gasteiger charge is 2.42. The van der Waals surface area contributed by atoms with Gasteiger partial charge in [0.25, 0.3) is 0 Å². The summed E-state index contributed by atoms with van der Waals surface area (Å²) in [7, 11) is 0. The number of amides is 1. The Kier molecular flexibility index (Phi) is 4.07. The van der Waals surface area contributed by atoms with Crippen LogP contribution in [0, 0.1) is 5.92 Å². The lowest BCUT2D eigenvalue weighted by atomic mass is 9.74. The number of hydrogen-bond acceptors (Lipinski definition) is 3. The Labute approximate surface area is 134 Å². The van der Waals surface area contributed by atoms with Crippen LogP contribution in [-0.2, 0) is 16.0 Å². The van der Waals surface area contributed by atoms with E-state index in [4.69, 9.17) is 0 Å². The Morgan fingerprint density at radius 2 is 2.26 bits per heavy atom. The van der Waals surface area contributed by atoms with Crippen LogP contribution in [0.25, 0.3) is 5.65 Å². The average Bonchev–Trinajstić information content (AvgIpc) is 2.88. The largest absolute Gasteiger partial charge is 0.481 e. The van der Waals surface area contributed by atoms with Crippen molar-refractivity contribution in [2.45, 2.75) is 44.6 Å².